The molecule has 20 nitrogen and oxygen atoms in total. The maximum atomic E-state index is 12.2. The minimum Gasteiger partial charge on any atom is -0.466 e. The van der Waals surface area contributed by atoms with Crippen LogP contribution < -0.4 is 0 Å². The van der Waals surface area contributed by atoms with Crippen LogP contribution in [0.1, 0.15) is 337 Å². The topological polar surface area (TPSA) is 263 Å². The molecule has 9 unspecified atom stereocenters. The first kappa shape index (κ1) is 108. The number of hydrogen-bond acceptors (Lipinski definition) is 20. The van der Waals surface area contributed by atoms with Gasteiger partial charge in [0.05, 0.1) is 113 Å². The second kappa shape index (κ2) is 64.7. The van der Waals surface area contributed by atoms with Gasteiger partial charge in [-0.1, -0.05) is 213 Å². The minimum atomic E-state index is -0.484. The normalized spacial score (nSPS) is 13.9. The molecular weight excluding hydrogens is 1340 g/mol. The molecule has 0 N–H and O–H groups in total. The van der Waals surface area contributed by atoms with E-state index in [1.54, 1.807) is 34.6 Å². The fourth-order valence-electron chi connectivity index (χ4n) is 10.4. The molecule has 0 saturated carbocycles. The van der Waals surface area contributed by atoms with Crippen LogP contribution in [0.25, 0.3) is 0 Å². The van der Waals surface area contributed by atoms with E-state index in [0.29, 0.717) is 61.9 Å². The lowest BCUT2D eigenvalue weighted by Crippen LogP contribution is -2.33. The van der Waals surface area contributed by atoms with Gasteiger partial charge in [0.15, 0.2) is 0 Å². The van der Waals surface area contributed by atoms with Crippen LogP contribution in [0.4, 0.5) is 0 Å². The van der Waals surface area contributed by atoms with E-state index in [2.05, 4.69) is 96.9 Å². The monoisotopic (exact) mass is 1500 g/mol. The molecule has 0 bridgehead atoms. The summed E-state index contributed by atoms with van der Waals surface area (Å²) in [6.45, 7) is 63.5. The van der Waals surface area contributed by atoms with Crippen LogP contribution in [0.5, 0.6) is 0 Å². The molecule has 0 aromatic heterocycles. The molecule has 0 rings (SSSR count). The predicted octanol–water partition coefficient (Wildman–Crippen LogP) is 19.8. The van der Waals surface area contributed by atoms with Crippen molar-refractivity contribution >= 4 is 59.7 Å². The highest BCUT2D eigenvalue weighted by molar-refractivity contribution is 5.82. The Labute approximate surface area is 640 Å². The summed E-state index contributed by atoms with van der Waals surface area (Å²) in [5.41, 5.74) is 0. The molecule has 0 radical (unpaired) electrons. The van der Waals surface area contributed by atoms with Crippen molar-refractivity contribution in [3.05, 3.63) is 0 Å². The summed E-state index contributed by atoms with van der Waals surface area (Å²) < 4.78 is 52.9. The summed E-state index contributed by atoms with van der Waals surface area (Å²) in [6.07, 6.45) is 13.0. The molecular formula is C85H160O20. The lowest BCUT2D eigenvalue weighted by molar-refractivity contribution is -0.165. The Morgan fingerprint density at radius 3 is 0.829 bits per heavy atom. The van der Waals surface area contributed by atoms with E-state index in [1.165, 1.54) is 0 Å². The van der Waals surface area contributed by atoms with Gasteiger partial charge in [-0.05, 0) is 151 Å². The van der Waals surface area contributed by atoms with Crippen LogP contribution in [0.3, 0.4) is 0 Å². The number of esters is 10. The molecule has 0 amide bonds. The van der Waals surface area contributed by atoms with Crippen molar-refractivity contribution in [2.24, 2.45) is 88.8 Å². The van der Waals surface area contributed by atoms with Crippen molar-refractivity contribution in [3.8, 4) is 0 Å². The van der Waals surface area contributed by atoms with E-state index in [1.807, 2.05) is 83.1 Å². The van der Waals surface area contributed by atoms with Gasteiger partial charge in [0.2, 0.25) is 0 Å². The third kappa shape index (κ3) is 67.8. The van der Waals surface area contributed by atoms with Gasteiger partial charge in [0.1, 0.15) is 12.2 Å². The zero-order valence-corrected chi connectivity index (χ0v) is 72.6. The van der Waals surface area contributed by atoms with Crippen molar-refractivity contribution in [3.63, 3.8) is 0 Å². The van der Waals surface area contributed by atoms with Gasteiger partial charge >= 0.3 is 59.7 Å². The lowest BCUT2D eigenvalue weighted by atomic mass is 9.95. The molecule has 0 aliphatic rings. The highest BCUT2D eigenvalue weighted by Crippen LogP contribution is 2.23. The van der Waals surface area contributed by atoms with Crippen LogP contribution in [-0.2, 0) is 95.3 Å². The summed E-state index contributed by atoms with van der Waals surface area (Å²) in [7, 11) is 0. The van der Waals surface area contributed by atoms with Crippen molar-refractivity contribution in [2.45, 2.75) is 373 Å². The third-order valence-corrected chi connectivity index (χ3v) is 16.6. The summed E-state index contributed by atoms with van der Waals surface area (Å²) in [4.78, 5) is 118. The van der Waals surface area contributed by atoms with Crippen LogP contribution >= 0.6 is 0 Å². The maximum Gasteiger partial charge on any atom is 0.309 e. The minimum absolute atomic E-state index is 0.0671. The largest absolute Gasteiger partial charge is 0.466 e. The van der Waals surface area contributed by atoms with Gasteiger partial charge in [-0.3, -0.25) is 47.9 Å². The molecule has 105 heavy (non-hydrogen) atoms. The average Bonchev–Trinajstić information content (AvgIpc) is 0.958. The predicted molar refractivity (Wildman–Crippen MR) is 419 cm³/mol. The highest BCUT2D eigenvalue weighted by Gasteiger charge is 2.30. The molecule has 0 spiro atoms. The summed E-state index contributed by atoms with van der Waals surface area (Å²) >= 11 is 0. The first-order chi connectivity index (χ1) is 48.6. The van der Waals surface area contributed by atoms with Crippen molar-refractivity contribution in [2.75, 3.05) is 26.4 Å². The van der Waals surface area contributed by atoms with E-state index in [9.17, 15) is 47.9 Å². The second-order valence-electron chi connectivity index (χ2n) is 33.2. The third-order valence-electron chi connectivity index (χ3n) is 16.6. The van der Waals surface area contributed by atoms with Crippen molar-refractivity contribution < 1.29 is 95.3 Å². The Bertz CT molecular complexity index is 2270. The molecule has 0 aromatic carbocycles. The Kier molecular flexibility index (Phi) is 66.7. The first-order valence-electron chi connectivity index (χ1n) is 40.5. The SMILES string of the molecule is CC(C)CC(C)OC(=O)CC(C)C(=O)OC(C)CC(C)C.CC(C)CCCOC(=O)CC(C)C(=O)OCCCC(C)C.CC(C)CCOC(=O)CC(C)C(=O)OCCC(C)C.CC(CC(=O)OC(C(C)C)C(C)C)C(=O)OC(C(C)C)C(C)C.CCCCC(C)OC(=O)CC(C)C(=O)OC(C)CCCC. The smallest absolute Gasteiger partial charge is 0.309 e. The van der Waals surface area contributed by atoms with Gasteiger partial charge in [-0.25, -0.2) is 0 Å². The zero-order chi connectivity index (χ0) is 82.2. The standard InChI is InChI=1S/C19H36O4.3C17H32O4.C15H28O4/c1-11(2)17(12(3)4)22-16(20)10-15(9)19(21)23-18(13(5)6)14(7)8;1-11(2)8-14(6)20-16(18)10-13(5)17(19)21-15(7)9-12(3)4;1-13(2)8-6-10-20-16(18)12-15(5)17(19)21-11-7-9-14(3)4;1-6-8-10-14(4)20-16(18)12-13(3)17(19)21-15(5)11-9-7-2;1-11(2)6-8-18-14(16)10-13(5)15(17)19-9-7-12(3)4/h11-15,17-18H,10H2,1-9H3;11-15H,8-10H2,1-7H3;2*13-15H,6-12H2,1-5H3;11-13H,6-10H2,1-5H3. The summed E-state index contributed by atoms with van der Waals surface area (Å²) in [5, 5.41) is 0. The molecule has 0 aliphatic carbocycles. The van der Waals surface area contributed by atoms with Gasteiger partial charge in [-0.15, -0.1) is 0 Å². The first-order valence-corrected chi connectivity index (χ1v) is 40.5. The van der Waals surface area contributed by atoms with E-state index in [-0.39, 0.29) is 152 Å². The Hall–Kier alpha value is -5.30. The lowest BCUT2D eigenvalue weighted by Gasteiger charge is -2.27. The van der Waals surface area contributed by atoms with E-state index < -0.39 is 29.6 Å². The molecule has 0 fully saturated rings. The maximum absolute atomic E-state index is 12.2. The quantitative estimate of drug-likeness (QED) is 0.0311. The van der Waals surface area contributed by atoms with Gasteiger partial charge in [0.25, 0.3) is 0 Å². The van der Waals surface area contributed by atoms with Crippen LogP contribution in [0.2, 0.25) is 0 Å². The fraction of sp³-hybridized carbons (Fsp3) is 0.882. The highest BCUT2D eigenvalue weighted by atomic mass is 16.6. The van der Waals surface area contributed by atoms with Gasteiger partial charge in [0, 0.05) is 0 Å². The molecule has 9 atom stereocenters. The van der Waals surface area contributed by atoms with Gasteiger partial charge in [-0.2, -0.15) is 0 Å². The molecule has 0 saturated heterocycles. The second-order valence-corrected chi connectivity index (χ2v) is 33.2. The van der Waals surface area contributed by atoms with Crippen molar-refractivity contribution in [1.82, 2.24) is 0 Å². The Morgan fingerprint density at radius 1 is 0.229 bits per heavy atom. The molecule has 620 valence electrons. The van der Waals surface area contributed by atoms with Crippen molar-refractivity contribution in [1.29, 1.82) is 0 Å². The van der Waals surface area contributed by atoms with E-state index >= 15 is 0 Å². The van der Waals surface area contributed by atoms with E-state index in [0.717, 1.165) is 89.9 Å². The summed E-state index contributed by atoms with van der Waals surface area (Å²) in [6, 6.07) is 0. The van der Waals surface area contributed by atoms with Crippen LogP contribution in [0, 0.1) is 88.8 Å². The fourth-order valence-corrected chi connectivity index (χ4v) is 10.4. The number of unbranched alkanes of at least 4 members (excludes halogenated alkanes) is 2. The average molecular weight is 1500 g/mol. The van der Waals surface area contributed by atoms with Crippen LogP contribution in [-0.4, -0.2) is 123 Å². The summed E-state index contributed by atoms with van der Waals surface area (Å²) in [5.74, 6) is -1.22. The van der Waals surface area contributed by atoms with Gasteiger partial charge < -0.3 is 47.4 Å². The zero-order valence-electron chi connectivity index (χ0n) is 72.6. The van der Waals surface area contributed by atoms with Crippen LogP contribution in [0.15, 0.2) is 0 Å². The number of ether oxygens (including phenoxy) is 10. The number of rotatable bonds is 49. The molecule has 0 aliphatic heterocycles. The van der Waals surface area contributed by atoms with E-state index in [4.69, 9.17) is 47.4 Å². The Morgan fingerprint density at radius 2 is 0.486 bits per heavy atom. The molecule has 0 heterocycles. The number of carbonyl (C=O) groups excluding carboxylic acids is 10. The Balaban J connectivity index is -0.000000397. The number of carbonyl (C=O) groups is 10. The number of hydrogen-bond donors (Lipinski definition) is 0. The molecule has 20 heteroatoms. The molecule has 0 aromatic rings.